The van der Waals surface area contributed by atoms with Gasteiger partial charge in [-0.1, -0.05) is 13.5 Å². The molecule has 0 unspecified atom stereocenters. The van der Waals surface area contributed by atoms with Gasteiger partial charge < -0.3 is 7.80 Å². The second-order valence-corrected chi connectivity index (χ2v) is 3.85. The molecule has 0 aromatic heterocycles. The molecule has 0 radical (unpaired) electrons. The van der Waals surface area contributed by atoms with Gasteiger partial charge in [-0.2, -0.15) is 0 Å². The fourth-order valence-electron chi connectivity index (χ4n) is 0.803. The highest BCUT2D eigenvalue weighted by Crippen LogP contribution is 1.98. The molecule has 0 spiro atoms. The molecule has 0 aliphatic heterocycles. The zero-order valence-electron chi connectivity index (χ0n) is 10.4. The van der Waals surface area contributed by atoms with Crippen molar-refractivity contribution >= 4 is 40.7 Å². The molecule has 0 aromatic carbocycles. The summed E-state index contributed by atoms with van der Waals surface area (Å²) in [5, 5.41) is 0. The van der Waals surface area contributed by atoms with Gasteiger partial charge in [0.15, 0.2) is 23.0 Å². The molecule has 0 saturated carbocycles. The molecule has 0 aliphatic carbocycles. The average molecular weight is 365 g/mol. The summed E-state index contributed by atoms with van der Waals surface area (Å²) < 4.78 is 9.21. The summed E-state index contributed by atoms with van der Waals surface area (Å²) in [5.41, 5.74) is 1.24. The number of hydrogen-bond acceptors (Lipinski definition) is 5. The van der Waals surface area contributed by atoms with Gasteiger partial charge in [-0.05, 0) is 19.4 Å². The Morgan fingerprint density at radius 2 is 2.11 bits per heavy atom. The lowest BCUT2D eigenvalue weighted by atomic mass is 10.3. The Labute approximate surface area is 121 Å². The number of carbonyl (C=O) groups excluding carboxylic acids is 2. The largest absolute Gasteiger partial charge is 0.458 e. The first-order chi connectivity index (χ1) is 8.51. The molecule has 0 N–H and O–H groups in total. The Bertz CT molecular complexity index is 374. The predicted molar refractivity (Wildman–Crippen MR) is 77.6 cm³/mol. The lowest BCUT2D eigenvalue weighted by molar-refractivity contribution is -0.138. The quantitative estimate of drug-likeness (QED) is 0.301. The van der Waals surface area contributed by atoms with Gasteiger partial charge in [-0.3, -0.25) is 4.99 Å². The van der Waals surface area contributed by atoms with Crippen molar-refractivity contribution in [2.75, 3.05) is 13.2 Å². The first-order valence-corrected chi connectivity index (χ1v) is 6.23. The smallest absolute Gasteiger partial charge is 0.339 e. The molecule has 0 bridgehead atoms. The summed E-state index contributed by atoms with van der Waals surface area (Å²) in [7, 11) is 0. The summed E-state index contributed by atoms with van der Waals surface area (Å²) >= 11 is 1.47. The number of hydrogen-bond donors (Lipinski definition) is 0. The van der Waals surface area contributed by atoms with Crippen LogP contribution in [0.5, 0.6) is 0 Å². The zero-order valence-corrected chi connectivity index (χ0v) is 12.6. The van der Waals surface area contributed by atoms with E-state index in [-0.39, 0.29) is 18.7 Å². The number of aliphatic imine (C=N–C) groups is 1. The van der Waals surface area contributed by atoms with Crippen molar-refractivity contribution in [2.45, 2.75) is 20.3 Å². The van der Waals surface area contributed by atoms with E-state index in [1.807, 2.05) is 13.8 Å². The number of rotatable bonds is 7. The first kappa shape index (κ1) is 16.8. The van der Waals surface area contributed by atoms with Crippen LogP contribution in [-0.4, -0.2) is 30.8 Å². The van der Waals surface area contributed by atoms with Crippen molar-refractivity contribution in [1.82, 2.24) is 0 Å². The SMILES string of the molecule is C=C(CN=C(C)CC)C(=O)OC/C=C/C(=O)OI. The minimum atomic E-state index is -0.518. The van der Waals surface area contributed by atoms with Gasteiger partial charge in [-0.15, -0.1) is 0 Å². The van der Waals surface area contributed by atoms with E-state index in [0.717, 1.165) is 12.1 Å². The molecule has 0 amide bonds. The maximum atomic E-state index is 11.4. The fourth-order valence-corrected chi connectivity index (χ4v) is 0.949. The number of halogens is 1. The second kappa shape index (κ2) is 9.81. The third kappa shape index (κ3) is 7.99. The monoisotopic (exact) mass is 365 g/mol. The van der Waals surface area contributed by atoms with Gasteiger partial charge in [0, 0.05) is 11.8 Å². The van der Waals surface area contributed by atoms with Crippen LogP contribution in [0.15, 0.2) is 29.3 Å². The number of carbonyl (C=O) groups is 2. The van der Waals surface area contributed by atoms with Crippen LogP contribution in [0.2, 0.25) is 0 Å². The molecule has 0 rings (SSSR count). The minimum Gasteiger partial charge on any atom is -0.458 e. The molecule has 0 saturated heterocycles. The standard InChI is InChI=1S/C12H16INO4/c1-4-10(3)14-8-9(2)12(16)17-7-5-6-11(15)18-13/h5-6H,2,4,7-8H2,1,3H3/b6-5+,14-10?. The average Bonchev–Trinajstić information content (AvgIpc) is 2.39. The van der Waals surface area contributed by atoms with Crippen molar-refractivity contribution in [3.63, 3.8) is 0 Å². The number of ether oxygens (including phenoxy) is 1. The van der Waals surface area contributed by atoms with Gasteiger partial charge in [-0.25, -0.2) is 9.59 Å². The topological polar surface area (TPSA) is 65.0 Å². The van der Waals surface area contributed by atoms with Crippen molar-refractivity contribution in [3.8, 4) is 0 Å². The van der Waals surface area contributed by atoms with Crippen LogP contribution in [0.4, 0.5) is 0 Å². The van der Waals surface area contributed by atoms with E-state index in [9.17, 15) is 9.59 Å². The third-order valence-corrected chi connectivity index (χ3v) is 2.41. The Balaban J connectivity index is 3.99. The molecule has 0 fully saturated rings. The maximum Gasteiger partial charge on any atom is 0.339 e. The maximum absolute atomic E-state index is 11.4. The van der Waals surface area contributed by atoms with Gasteiger partial charge in [0.2, 0.25) is 0 Å². The first-order valence-electron chi connectivity index (χ1n) is 5.35. The molecule has 5 nitrogen and oxygen atoms in total. The van der Waals surface area contributed by atoms with Crippen LogP contribution < -0.4 is 0 Å². The normalized spacial score (nSPS) is 11.4. The van der Waals surface area contributed by atoms with Crippen LogP contribution in [0.25, 0.3) is 0 Å². The molecule has 6 heteroatoms. The highest BCUT2D eigenvalue weighted by molar-refractivity contribution is 14.1. The summed E-state index contributed by atoms with van der Waals surface area (Å²) in [4.78, 5) is 26.3. The van der Waals surface area contributed by atoms with E-state index in [4.69, 9.17) is 4.74 Å². The Morgan fingerprint density at radius 3 is 2.67 bits per heavy atom. The van der Waals surface area contributed by atoms with Crippen molar-refractivity contribution in [2.24, 2.45) is 4.99 Å². The minimum absolute atomic E-state index is 0.0000670. The van der Waals surface area contributed by atoms with Crippen molar-refractivity contribution in [1.29, 1.82) is 0 Å². The molecule has 0 heterocycles. The van der Waals surface area contributed by atoms with E-state index in [2.05, 4.69) is 14.6 Å². The summed E-state index contributed by atoms with van der Waals surface area (Å²) in [6, 6.07) is 0. The van der Waals surface area contributed by atoms with Gasteiger partial charge >= 0.3 is 11.9 Å². The summed E-state index contributed by atoms with van der Waals surface area (Å²) in [6.45, 7) is 7.70. The lowest BCUT2D eigenvalue weighted by Gasteiger charge is -2.03. The van der Waals surface area contributed by atoms with Crippen LogP contribution in [0.3, 0.4) is 0 Å². The third-order valence-electron chi connectivity index (χ3n) is 1.98. The van der Waals surface area contributed by atoms with Gasteiger partial charge in [0.25, 0.3) is 0 Å². The van der Waals surface area contributed by atoms with Crippen LogP contribution in [0, 0.1) is 0 Å². The summed E-state index contributed by atoms with van der Waals surface area (Å²) in [6.07, 6.45) is 3.41. The molecular weight excluding hydrogens is 349 g/mol. The van der Waals surface area contributed by atoms with Crippen LogP contribution >= 0.6 is 23.0 Å². The number of nitrogens with zero attached hydrogens (tertiary/aromatic N) is 1. The van der Waals surface area contributed by atoms with Crippen LogP contribution in [0.1, 0.15) is 20.3 Å². The van der Waals surface area contributed by atoms with E-state index < -0.39 is 11.9 Å². The molecule has 100 valence electrons. The lowest BCUT2D eigenvalue weighted by Crippen LogP contribution is -2.10. The van der Waals surface area contributed by atoms with E-state index in [1.54, 1.807) is 0 Å². The number of esters is 1. The molecule has 0 aliphatic rings. The molecular formula is C12H16INO4. The second-order valence-electron chi connectivity index (χ2n) is 3.41. The highest BCUT2D eigenvalue weighted by atomic mass is 127. The Kier molecular flexibility index (Phi) is 9.17. The zero-order chi connectivity index (χ0) is 14.0. The highest BCUT2D eigenvalue weighted by Gasteiger charge is 2.06. The van der Waals surface area contributed by atoms with Crippen molar-refractivity contribution in [3.05, 3.63) is 24.3 Å². The van der Waals surface area contributed by atoms with E-state index >= 15 is 0 Å². The van der Waals surface area contributed by atoms with E-state index in [1.165, 1.54) is 35.2 Å². The molecule has 18 heavy (non-hydrogen) atoms. The molecule has 0 aromatic rings. The fraction of sp³-hybridized carbons (Fsp3) is 0.417. The van der Waals surface area contributed by atoms with Gasteiger partial charge in [0.1, 0.15) is 6.61 Å². The van der Waals surface area contributed by atoms with Crippen molar-refractivity contribution < 1.29 is 17.4 Å². The Morgan fingerprint density at radius 1 is 1.44 bits per heavy atom. The van der Waals surface area contributed by atoms with Crippen LogP contribution in [-0.2, 0) is 17.4 Å². The van der Waals surface area contributed by atoms with Gasteiger partial charge in [0.05, 0.1) is 12.1 Å². The molecule has 0 atom stereocenters. The predicted octanol–water partition coefficient (Wildman–Crippen LogP) is 2.41. The Hall–Kier alpha value is -1.18. The van der Waals surface area contributed by atoms with E-state index in [0.29, 0.717) is 0 Å². The summed E-state index contributed by atoms with van der Waals surface area (Å²) in [5.74, 6) is -1.02.